The Balaban J connectivity index is 2.07. The molecular weight excluding hydrogens is 517 g/mol. The second-order valence-corrected chi connectivity index (χ2v) is 11.3. The molecule has 0 saturated carbocycles. The number of rotatable bonds is 13. The number of nitrogens with zero attached hydrogens (tertiary/aromatic N) is 2. The second-order valence-electron chi connectivity index (χ2n) is 9.36. The third kappa shape index (κ3) is 8.13. The zero-order chi connectivity index (χ0) is 28.4. The number of benzene rings is 3. The van der Waals surface area contributed by atoms with Crippen LogP contribution >= 0.6 is 0 Å². The molecule has 2 amide bonds. The molecule has 0 bridgehead atoms. The average Bonchev–Trinajstić information content (AvgIpc) is 2.93. The fraction of sp³-hybridized carbons (Fsp3) is 0.333. The summed E-state index contributed by atoms with van der Waals surface area (Å²) in [6.45, 7) is 3.50. The molecule has 0 spiro atoms. The molecule has 1 unspecified atom stereocenters. The van der Waals surface area contributed by atoms with Crippen molar-refractivity contribution in [1.29, 1.82) is 0 Å². The maximum absolute atomic E-state index is 14.8. The van der Waals surface area contributed by atoms with Crippen molar-refractivity contribution in [1.82, 2.24) is 10.2 Å². The van der Waals surface area contributed by atoms with Crippen LogP contribution in [0.4, 0.5) is 10.1 Å². The van der Waals surface area contributed by atoms with Crippen LogP contribution in [0.1, 0.15) is 37.0 Å². The molecule has 3 aromatic carbocycles. The van der Waals surface area contributed by atoms with E-state index in [0.29, 0.717) is 25.1 Å². The van der Waals surface area contributed by atoms with Gasteiger partial charge in [-0.1, -0.05) is 80.6 Å². The Morgan fingerprint density at radius 2 is 1.51 bits per heavy atom. The number of para-hydroxylation sites is 1. The highest BCUT2D eigenvalue weighted by atomic mass is 32.2. The number of sulfonamides is 1. The van der Waals surface area contributed by atoms with E-state index in [1.54, 1.807) is 30.3 Å². The van der Waals surface area contributed by atoms with Crippen molar-refractivity contribution in [2.75, 3.05) is 23.7 Å². The first-order valence-corrected chi connectivity index (χ1v) is 14.9. The molecule has 1 atom stereocenters. The number of anilines is 1. The van der Waals surface area contributed by atoms with Crippen LogP contribution in [0.5, 0.6) is 0 Å². The summed E-state index contributed by atoms with van der Waals surface area (Å²) in [5.74, 6) is -1.51. The molecular formula is C30H36FN3O4S. The van der Waals surface area contributed by atoms with E-state index in [2.05, 4.69) is 5.32 Å². The first kappa shape index (κ1) is 29.8. The van der Waals surface area contributed by atoms with E-state index < -0.39 is 34.3 Å². The third-order valence-corrected chi connectivity index (χ3v) is 7.57. The summed E-state index contributed by atoms with van der Waals surface area (Å²) in [6, 6.07) is 21.3. The van der Waals surface area contributed by atoms with Crippen molar-refractivity contribution in [3.05, 3.63) is 101 Å². The maximum Gasteiger partial charge on any atom is 0.244 e. The van der Waals surface area contributed by atoms with E-state index in [-0.39, 0.29) is 24.4 Å². The average molecular weight is 554 g/mol. The Bertz CT molecular complexity index is 1370. The summed E-state index contributed by atoms with van der Waals surface area (Å²) in [7, 11) is -3.87. The molecule has 0 heterocycles. The Morgan fingerprint density at radius 3 is 2.13 bits per heavy atom. The van der Waals surface area contributed by atoms with Gasteiger partial charge in [-0.15, -0.1) is 0 Å². The van der Waals surface area contributed by atoms with Crippen LogP contribution in [0.25, 0.3) is 0 Å². The van der Waals surface area contributed by atoms with Crippen LogP contribution < -0.4 is 9.62 Å². The number of halogens is 1. The standard InChI is InChI=1S/C30H36FN3O4S/c1-4-19-32-30(36)28(20-23-13-7-6-8-14-23)33(21-25-16-9-11-17-26(25)31)29(35)22-34(39(3,37)38)27-18-12-10-15-24(27)5-2/h6-18,28H,4-5,19-22H2,1-3H3,(H,32,36). The van der Waals surface area contributed by atoms with Gasteiger partial charge in [-0.25, -0.2) is 12.8 Å². The van der Waals surface area contributed by atoms with Crippen LogP contribution in [0.15, 0.2) is 78.9 Å². The lowest BCUT2D eigenvalue weighted by Gasteiger charge is -2.34. The second kappa shape index (κ2) is 13.9. The number of hydrogen-bond donors (Lipinski definition) is 1. The molecule has 39 heavy (non-hydrogen) atoms. The Kier molecular flexibility index (Phi) is 10.6. The van der Waals surface area contributed by atoms with Gasteiger partial charge in [0.05, 0.1) is 11.9 Å². The summed E-state index contributed by atoms with van der Waals surface area (Å²) in [4.78, 5) is 28.8. The van der Waals surface area contributed by atoms with E-state index in [0.717, 1.165) is 21.7 Å². The summed E-state index contributed by atoms with van der Waals surface area (Å²) >= 11 is 0. The Labute approximate surface area is 230 Å². The monoisotopic (exact) mass is 553 g/mol. The van der Waals surface area contributed by atoms with E-state index in [9.17, 15) is 22.4 Å². The Hall–Kier alpha value is -3.72. The van der Waals surface area contributed by atoms with Gasteiger partial charge < -0.3 is 10.2 Å². The van der Waals surface area contributed by atoms with Crippen molar-refractivity contribution < 1.29 is 22.4 Å². The van der Waals surface area contributed by atoms with Crippen LogP contribution in [0.2, 0.25) is 0 Å². The minimum Gasteiger partial charge on any atom is -0.354 e. The van der Waals surface area contributed by atoms with Gasteiger partial charge in [0.2, 0.25) is 21.8 Å². The molecule has 7 nitrogen and oxygen atoms in total. The molecule has 1 N–H and O–H groups in total. The zero-order valence-electron chi connectivity index (χ0n) is 22.6. The summed E-state index contributed by atoms with van der Waals surface area (Å²) in [5.41, 5.74) is 2.21. The predicted octanol–water partition coefficient (Wildman–Crippen LogP) is 4.32. The number of carbonyl (C=O) groups excluding carboxylic acids is 2. The van der Waals surface area contributed by atoms with Crippen molar-refractivity contribution in [2.45, 2.75) is 45.7 Å². The van der Waals surface area contributed by atoms with E-state index in [4.69, 9.17) is 0 Å². The van der Waals surface area contributed by atoms with E-state index >= 15 is 0 Å². The third-order valence-electron chi connectivity index (χ3n) is 6.44. The Morgan fingerprint density at radius 1 is 0.897 bits per heavy atom. The predicted molar refractivity (Wildman–Crippen MR) is 152 cm³/mol. The topological polar surface area (TPSA) is 86.8 Å². The smallest absolute Gasteiger partial charge is 0.244 e. The van der Waals surface area contributed by atoms with Crippen molar-refractivity contribution in [2.24, 2.45) is 0 Å². The van der Waals surface area contributed by atoms with Gasteiger partial charge in [0, 0.05) is 25.1 Å². The molecule has 0 aromatic heterocycles. The summed E-state index contributed by atoms with van der Waals surface area (Å²) in [6.07, 6.45) is 2.48. The van der Waals surface area contributed by atoms with E-state index in [1.807, 2.05) is 56.3 Å². The zero-order valence-corrected chi connectivity index (χ0v) is 23.5. The highest BCUT2D eigenvalue weighted by molar-refractivity contribution is 7.92. The normalized spacial score (nSPS) is 12.0. The summed E-state index contributed by atoms with van der Waals surface area (Å²) < 4.78 is 41.7. The van der Waals surface area contributed by atoms with Gasteiger partial charge in [0.1, 0.15) is 18.4 Å². The molecule has 3 rings (SSSR count). The van der Waals surface area contributed by atoms with Gasteiger partial charge in [0.15, 0.2) is 0 Å². The highest BCUT2D eigenvalue weighted by Crippen LogP contribution is 2.25. The molecule has 208 valence electrons. The van der Waals surface area contributed by atoms with Crippen molar-refractivity contribution in [3.8, 4) is 0 Å². The molecule has 3 aromatic rings. The fourth-order valence-corrected chi connectivity index (χ4v) is 5.26. The lowest BCUT2D eigenvalue weighted by Crippen LogP contribution is -2.53. The minimum absolute atomic E-state index is 0.182. The van der Waals surface area contributed by atoms with Crippen molar-refractivity contribution in [3.63, 3.8) is 0 Å². The molecule has 0 saturated heterocycles. The molecule has 0 aliphatic heterocycles. The van der Waals surface area contributed by atoms with Gasteiger partial charge in [0.25, 0.3) is 0 Å². The van der Waals surface area contributed by atoms with Crippen molar-refractivity contribution >= 4 is 27.5 Å². The highest BCUT2D eigenvalue weighted by Gasteiger charge is 2.33. The van der Waals surface area contributed by atoms with Gasteiger partial charge in [-0.05, 0) is 36.1 Å². The SMILES string of the molecule is CCCNC(=O)C(Cc1ccccc1)N(Cc1ccccc1F)C(=O)CN(c1ccccc1CC)S(C)(=O)=O. The summed E-state index contributed by atoms with van der Waals surface area (Å²) in [5, 5.41) is 2.86. The lowest BCUT2D eigenvalue weighted by molar-refractivity contribution is -0.140. The molecule has 0 aliphatic carbocycles. The van der Waals surface area contributed by atoms with Crippen LogP contribution in [0, 0.1) is 5.82 Å². The number of amides is 2. The number of nitrogens with one attached hydrogen (secondary N) is 1. The molecule has 9 heteroatoms. The first-order valence-electron chi connectivity index (χ1n) is 13.1. The van der Waals surface area contributed by atoms with Gasteiger partial charge in [-0.3, -0.25) is 13.9 Å². The molecule has 0 radical (unpaired) electrons. The van der Waals surface area contributed by atoms with Gasteiger partial charge >= 0.3 is 0 Å². The van der Waals surface area contributed by atoms with Crippen LogP contribution in [-0.4, -0.2) is 50.5 Å². The van der Waals surface area contributed by atoms with Crippen LogP contribution in [-0.2, 0) is 39.0 Å². The largest absolute Gasteiger partial charge is 0.354 e. The minimum atomic E-state index is -3.87. The fourth-order valence-electron chi connectivity index (χ4n) is 4.38. The molecule has 0 aliphatic rings. The number of aryl methyl sites for hydroxylation is 1. The lowest BCUT2D eigenvalue weighted by atomic mass is 10.0. The van der Waals surface area contributed by atoms with E-state index in [1.165, 1.54) is 11.0 Å². The quantitative estimate of drug-likeness (QED) is 0.342. The molecule has 0 fully saturated rings. The van der Waals surface area contributed by atoms with Crippen LogP contribution in [0.3, 0.4) is 0 Å². The maximum atomic E-state index is 14.8. The van der Waals surface area contributed by atoms with Gasteiger partial charge in [-0.2, -0.15) is 0 Å². The number of hydrogen-bond acceptors (Lipinski definition) is 4. The number of carbonyl (C=O) groups is 2. The first-order chi connectivity index (χ1) is 18.7.